The van der Waals surface area contributed by atoms with Gasteiger partial charge in [0.1, 0.15) is 4.90 Å². The summed E-state index contributed by atoms with van der Waals surface area (Å²) in [5, 5.41) is 0.762. The van der Waals surface area contributed by atoms with Crippen molar-refractivity contribution in [2.24, 2.45) is 0 Å². The van der Waals surface area contributed by atoms with Crippen LogP contribution in [0.3, 0.4) is 0 Å². The molecule has 0 radical (unpaired) electrons. The molecule has 4 nitrogen and oxygen atoms in total. The highest BCUT2D eigenvalue weighted by Gasteiger charge is 2.23. The van der Waals surface area contributed by atoms with Gasteiger partial charge in [-0.15, -0.1) is 0 Å². The van der Waals surface area contributed by atoms with Gasteiger partial charge < -0.3 is 0 Å². The van der Waals surface area contributed by atoms with Crippen molar-refractivity contribution in [3.05, 3.63) is 58.3 Å². The van der Waals surface area contributed by atoms with E-state index in [1.54, 1.807) is 24.3 Å². The second-order valence-electron chi connectivity index (χ2n) is 4.19. The molecule has 2 aromatic rings. The van der Waals surface area contributed by atoms with E-state index >= 15 is 0 Å². The first-order valence-electron chi connectivity index (χ1n) is 5.71. The van der Waals surface area contributed by atoms with Crippen molar-refractivity contribution in [2.45, 2.75) is 11.4 Å². The second kappa shape index (κ2) is 6.10. The Morgan fingerprint density at radius 2 is 1.80 bits per heavy atom. The highest BCUT2D eigenvalue weighted by molar-refractivity contribution is 7.89. The second-order valence-corrected chi connectivity index (χ2v) is 7.05. The lowest BCUT2D eigenvalue weighted by atomic mass is 10.2. The van der Waals surface area contributed by atoms with Crippen molar-refractivity contribution in [1.82, 2.24) is 9.29 Å². The van der Waals surface area contributed by atoms with Crippen molar-refractivity contribution in [3.63, 3.8) is 0 Å². The summed E-state index contributed by atoms with van der Waals surface area (Å²) in [5.41, 5.74) is 0.834. The van der Waals surface area contributed by atoms with Crippen LogP contribution in [0.4, 0.5) is 0 Å². The van der Waals surface area contributed by atoms with Crippen LogP contribution < -0.4 is 0 Å². The lowest BCUT2D eigenvalue weighted by Gasteiger charge is -2.17. The Morgan fingerprint density at radius 1 is 1.15 bits per heavy atom. The van der Waals surface area contributed by atoms with Crippen LogP contribution in [0.2, 0.25) is 10.0 Å². The molecule has 0 aliphatic heterocycles. The maximum Gasteiger partial charge on any atom is 0.246 e. The summed E-state index contributed by atoms with van der Waals surface area (Å²) in [4.78, 5) is 3.80. The molecular weight excluding hydrogens is 319 g/mol. The first kappa shape index (κ1) is 15.3. The van der Waals surface area contributed by atoms with E-state index in [0.29, 0.717) is 5.02 Å². The molecule has 7 heteroatoms. The van der Waals surface area contributed by atoms with Gasteiger partial charge in [-0.05, 0) is 23.8 Å². The number of hydrogen-bond donors (Lipinski definition) is 0. The lowest BCUT2D eigenvalue weighted by molar-refractivity contribution is 0.466. The van der Waals surface area contributed by atoms with Gasteiger partial charge in [0.15, 0.2) is 0 Å². The van der Waals surface area contributed by atoms with Gasteiger partial charge in [-0.2, -0.15) is 4.31 Å². The van der Waals surface area contributed by atoms with Gasteiger partial charge in [-0.1, -0.05) is 35.3 Å². The van der Waals surface area contributed by atoms with E-state index < -0.39 is 10.0 Å². The first-order valence-corrected chi connectivity index (χ1v) is 7.91. The van der Waals surface area contributed by atoms with Crippen molar-refractivity contribution in [3.8, 4) is 0 Å². The number of hydrogen-bond acceptors (Lipinski definition) is 3. The topological polar surface area (TPSA) is 50.3 Å². The molecule has 0 fully saturated rings. The fraction of sp³-hybridized carbons (Fsp3) is 0.154. The minimum Gasteiger partial charge on any atom is -0.263 e. The monoisotopic (exact) mass is 330 g/mol. The molecule has 0 aliphatic carbocycles. The standard InChI is InChI=1S/C13H12Cl2N2O2S/c1-17(9-10-2-4-11(14)5-3-10)20(18,19)13-8-16-7-6-12(13)15/h2-8H,9H2,1H3. The predicted octanol–water partition coefficient (Wildman–Crippen LogP) is 3.21. The van der Waals surface area contributed by atoms with Crippen molar-refractivity contribution >= 4 is 33.2 Å². The molecule has 1 aromatic carbocycles. The van der Waals surface area contributed by atoms with Gasteiger partial charge in [0, 0.05) is 31.0 Å². The summed E-state index contributed by atoms with van der Waals surface area (Å²) in [7, 11) is -2.18. The molecule has 0 saturated carbocycles. The van der Waals surface area contributed by atoms with E-state index in [1.807, 2.05) is 0 Å². The van der Waals surface area contributed by atoms with Crippen LogP contribution in [0.25, 0.3) is 0 Å². The van der Waals surface area contributed by atoms with Gasteiger partial charge in [0.25, 0.3) is 0 Å². The summed E-state index contributed by atoms with van der Waals surface area (Å²) in [6.45, 7) is 0.227. The zero-order chi connectivity index (χ0) is 14.8. The third-order valence-corrected chi connectivity index (χ3v) is 5.27. The summed E-state index contributed by atoms with van der Waals surface area (Å²) < 4.78 is 26.0. The van der Waals surface area contributed by atoms with Crippen molar-refractivity contribution in [1.29, 1.82) is 0 Å². The highest BCUT2D eigenvalue weighted by atomic mass is 35.5. The van der Waals surface area contributed by atoms with E-state index in [9.17, 15) is 8.42 Å². The van der Waals surface area contributed by atoms with Gasteiger partial charge in [0.05, 0.1) is 5.02 Å². The average molecular weight is 331 g/mol. The average Bonchev–Trinajstić information content (AvgIpc) is 2.41. The third-order valence-electron chi connectivity index (χ3n) is 2.74. The molecule has 1 aromatic heterocycles. The number of halogens is 2. The largest absolute Gasteiger partial charge is 0.263 e. The third kappa shape index (κ3) is 3.30. The Bertz CT molecular complexity index is 703. The molecular formula is C13H12Cl2N2O2S. The summed E-state index contributed by atoms with van der Waals surface area (Å²) in [5.74, 6) is 0. The number of aromatic nitrogens is 1. The number of rotatable bonds is 4. The molecule has 1 heterocycles. The number of benzene rings is 1. The Labute approximate surface area is 128 Å². The predicted molar refractivity (Wildman–Crippen MR) is 79.4 cm³/mol. The van der Waals surface area contributed by atoms with Crippen molar-refractivity contribution < 1.29 is 8.42 Å². The zero-order valence-corrected chi connectivity index (χ0v) is 13.0. The summed E-state index contributed by atoms with van der Waals surface area (Å²) >= 11 is 11.7. The number of pyridine rings is 1. The molecule has 20 heavy (non-hydrogen) atoms. The number of nitrogens with zero attached hydrogens (tertiary/aromatic N) is 2. The van der Waals surface area contributed by atoms with Crippen LogP contribution in [0, 0.1) is 0 Å². The van der Waals surface area contributed by atoms with Crippen LogP contribution >= 0.6 is 23.2 Å². The minimum atomic E-state index is -3.67. The molecule has 2 rings (SSSR count). The van der Waals surface area contributed by atoms with Gasteiger partial charge in [-0.3, -0.25) is 4.98 Å². The van der Waals surface area contributed by atoms with Crippen LogP contribution in [0.5, 0.6) is 0 Å². The quantitative estimate of drug-likeness (QED) is 0.864. The summed E-state index contributed by atoms with van der Waals surface area (Å²) in [6, 6.07) is 8.44. The molecule has 0 N–H and O–H groups in total. The fourth-order valence-corrected chi connectivity index (χ4v) is 3.34. The Morgan fingerprint density at radius 3 is 2.40 bits per heavy atom. The summed E-state index contributed by atoms with van der Waals surface area (Å²) in [6.07, 6.45) is 2.69. The van der Waals surface area contributed by atoms with Crippen molar-refractivity contribution in [2.75, 3.05) is 7.05 Å². The van der Waals surface area contributed by atoms with Gasteiger partial charge in [-0.25, -0.2) is 8.42 Å². The molecule has 0 bridgehead atoms. The molecule has 0 unspecified atom stereocenters. The van der Waals surface area contributed by atoms with E-state index in [1.165, 1.54) is 29.8 Å². The smallest absolute Gasteiger partial charge is 0.246 e. The maximum atomic E-state index is 12.4. The molecule has 0 saturated heterocycles. The Balaban J connectivity index is 2.26. The fourth-order valence-electron chi connectivity index (χ4n) is 1.65. The van der Waals surface area contributed by atoms with E-state index in [2.05, 4.69) is 4.98 Å². The van der Waals surface area contributed by atoms with E-state index in [0.717, 1.165) is 5.56 Å². The molecule has 106 valence electrons. The Hall–Kier alpha value is -1.14. The minimum absolute atomic E-state index is 0.00173. The first-order chi connectivity index (χ1) is 9.41. The molecule has 0 spiro atoms. The van der Waals surface area contributed by atoms with E-state index in [4.69, 9.17) is 23.2 Å². The van der Waals surface area contributed by atoms with Crippen LogP contribution in [-0.2, 0) is 16.6 Å². The SMILES string of the molecule is CN(Cc1ccc(Cl)cc1)S(=O)(=O)c1cnccc1Cl. The lowest BCUT2D eigenvalue weighted by Crippen LogP contribution is -2.26. The maximum absolute atomic E-state index is 12.4. The zero-order valence-electron chi connectivity index (χ0n) is 10.6. The number of sulfonamides is 1. The van der Waals surface area contributed by atoms with Crippen LogP contribution in [-0.4, -0.2) is 24.8 Å². The normalized spacial score (nSPS) is 11.8. The molecule has 0 aliphatic rings. The van der Waals surface area contributed by atoms with Gasteiger partial charge >= 0.3 is 0 Å². The molecule has 0 atom stereocenters. The van der Waals surface area contributed by atoms with E-state index in [-0.39, 0.29) is 16.5 Å². The molecule has 0 amide bonds. The van der Waals surface area contributed by atoms with Gasteiger partial charge in [0.2, 0.25) is 10.0 Å². The highest BCUT2D eigenvalue weighted by Crippen LogP contribution is 2.23. The van der Waals surface area contributed by atoms with Crippen LogP contribution in [0.15, 0.2) is 47.6 Å². The Kier molecular flexibility index (Phi) is 4.65. The van der Waals surface area contributed by atoms with Crippen LogP contribution in [0.1, 0.15) is 5.56 Å².